The van der Waals surface area contributed by atoms with Crippen molar-refractivity contribution in [1.29, 1.82) is 0 Å². The average Bonchev–Trinajstić information content (AvgIpc) is 2.27. The second-order valence-corrected chi connectivity index (χ2v) is 4.27. The molecule has 1 aliphatic rings. The summed E-state index contributed by atoms with van der Waals surface area (Å²) < 4.78 is 6.63. The normalized spacial score (nSPS) is 15.6. The molecular formula is C12H19N3O2. The molecule has 0 atom stereocenters. The molecule has 1 heterocycles. The summed E-state index contributed by atoms with van der Waals surface area (Å²) in [5.41, 5.74) is 0.751. The predicted molar refractivity (Wildman–Crippen MR) is 66.3 cm³/mol. The van der Waals surface area contributed by atoms with Gasteiger partial charge in [0.05, 0.1) is 25.0 Å². The number of nitrogens with zero attached hydrogens (tertiary/aromatic N) is 2. The van der Waals surface area contributed by atoms with E-state index >= 15 is 0 Å². The summed E-state index contributed by atoms with van der Waals surface area (Å²) in [5, 5.41) is 7.43. The Balaban J connectivity index is 1.93. The number of nitrogens with one attached hydrogen (secondary N) is 1. The Labute approximate surface area is 101 Å². The smallest absolute Gasteiger partial charge is 0.268 e. The largest absolute Gasteiger partial charge is 0.381 e. The highest BCUT2D eigenvalue weighted by atomic mass is 16.5. The number of hydrogen-bond acceptors (Lipinski definition) is 4. The highest BCUT2D eigenvalue weighted by Gasteiger charge is 2.17. The van der Waals surface area contributed by atoms with Crippen LogP contribution in [0.3, 0.4) is 0 Å². The lowest BCUT2D eigenvalue weighted by Crippen LogP contribution is -2.29. The average molecular weight is 237 g/mol. The first-order valence-corrected chi connectivity index (χ1v) is 6.21. The van der Waals surface area contributed by atoms with Crippen LogP contribution in [0.25, 0.3) is 0 Å². The summed E-state index contributed by atoms with van der Waals surface area (Å²) in [4.78, 5) is 11.7. The maximum absolute atomic E-state index is 11.7. The molecule has 0 bridgehead atoms. The molecule has 1 fully saturated rings. The summed E-state index contributed by atoms with van der Waals surface area (Å²) >= 11 is 0. The van der Waals surface area contributed by atoms with E-state index in [9.17, 15) is 4.79 Å². The Kier molecular flexibility index (Phi) is 4.14. The molecule has 5 heteroatoms. The topological polar surface area (TPSA) is 56.1 Å². The Morgan fingerprint density at radius 1 is 1.59 bits per heavy atom. The van der Waals surface area contributed by atoms with Crippen LogP contribution in [-0.4, -0.2) is 29.0 Å². The van der Waals surface area contributed by atoms with Crippen molar-refractivity contribution in [3.63, 3.8) is 0 Å². The minimum Gasteiger partial charge on any atom is -0.381 e. The van der Waals surface area contributed by atoms with E-state index in [4.69, 9.17) is 4.74 Å². The quantitative estimate of drug-likeness (QED) is 0.756. The summed E-state index contributed by atoms with van der Waals surface area (Å²) in [6.07, 6.45) is 5.36. The molecular weight excluding hydrogens is 218 g/mol. The van der Waals surface area contributed by atoms with E-state index in [1.807, 2.05) is 6.92 Å². The van der Waals surface area contributed by atoms with Crippen molar-refractivity contribution in [2.45, 2.75) is 38.8 Å². The minimum atomic E-state index is -0.0750. The maximum Gasteiger partial charge on any atom is 0.268 e. The van der Waals surface area contributed by atoms with E-state index in [2.05, 4.69) is 10.4 Å². The lowest BCUT2D eigenvalue weighted by atomic mass is 9.93. The number of aromatic nitrogens is 2. The van der Waals surface area contributed by atoms with E-state index < -0.39 is 0 Å². The molecule has 17 heavy (non-hydrogen) atoms. The third-order valence-electron chi connectivity index (χ3n) is 3.00. The van der Waals surface area contributed by atoms with Gasteiger partial charge in [0.1, 0.15) is 0 Å². The van der Waals surface area contributed by atoms with Crippen LogP contribution in [0.1, 0.15) is 26.2 Å². The Morgan fingerprint density at radius 2 is 2.41 bits per heavy atom. The van der Waals surface area contributed by atoms with Gasteiger partial charge in [-0.25, -0.2) is 4.68 Å². The molecule has 5 nitrogen and oxygen atoms in total. The molecule has 1 saturated carbocycles. The second kappa shape index (κ2) is 5.82. The lowest BCUT2D eigenvalue weighted by molar-refractivity contribution is 0.135. The summed E-state index contributed by atoms with van der Waals surface area (Å²) in [6, 6.07) is 2.13. The summed E-state index contributed by atoms with van der Waals surface area (Å²) in [7, 11) is 0. The van der Waals surface area contributed by atoms with Gasteiger partial charge in [0.15, 0.2) is 0 Å². The Bertz CT molecular complexity index is 412. The van der Waals surface area contributed by atoms with Crippen LogP contribution in [0, 0.1) is 0 Å². The van der Waals surface area contributed by atoms with Crippen LogP contribution in [-0.2, 0) is 11.3 Å². The van der Waals surface area contributed by atoms with Crippen molar-refractivity contribution >= 4 is 5.69 Å². The fraction of sp³-hybridized carbons (Fsp3) is 0.667. The molecule has 1 aromatic rings. The number of ether oxygens (including phenoxy) is 1. The van der Waals surface area contributed by atoms with Crippen molar-refractivity contribution in [1.82, 2.24) is 9.78 Å². The van der Waals surface area contributed by atoms with Gasteiger partial charge in [0.2, 0.25) is 0 Å². The van der Waals surface area contributed by atoms with Crippen molar-refractivity contribution in [2.24, 2.45) is 0 Å². The third-order valence-corrected chi connectivity index (χ3v) is 3.00. The van der Waals surface area contributed by atoms with Crippen LogP contribution < -0.4 is 10.9 Å². The lowest BCUT2D eigenvalue weighted by Gasteiger charge is -2.27. The number of anilines is 1. The van der Waals surface area contributed by atoms with Crippen LogP contribution in [0.2, 0.25) is 0 Å². The van der Waals surface area contributed by atoms with Gasteiger partial charge in [-0.15, -0.1) is 0 Å². The SMILES string of the molecule is CCOCCn1ncc(NC2CCC2)cc1=O. The molecule has 1 N–H and O–H groups in total. The molecule has 0 aromatic carbocycles. The summed E-state index contributed by atoms with van der Waals surface area (Å²) in [6.45, 7) is 3.63. The van der Waals surface area contributed by atoms with E-state index in [-0.39, 0.29) is 5.56 Å². The van der Waals surface area contributed by atoms with Gasteiger partial charge in [-0.1, -0.05) is 0 Å². The monoisotopic (exact) mass is 237 g/mol. The van der Waals surface area contributed by atoms with Gasteiger partial charge >= 0.3 is 0 Å². The fourth-order valence-corrected chi connectivity index (χ4v) is 1.76. The minimum absolute atomic E-state index is 0.0750. The van der Waals surface area contributed by atoms with Crippen LogP contribution >= 0.6 is 0 Å². The molecule has 2 rings (SSSR count). The molecule has 0 aliphatic heterocycles. The first-order chi connectivity index (χ1) is 8.29. The van der Waals surface area contributed by atoms with Gasteiger partial charge in [-0.05, 0) is 26.2 Å². The van der Waals surface area contributed by atoms with Gasteiger partial charge < -0.3 is 10.1 Å². The van der Waals surface area contributed by atoms with E-state index in [0.29, 0.717) is 25.8 Å². The highest BCUT2D eigenvalue weighted by molar-refractivity contribution is 5.40. The summed E-state index contributed by atoms with van der Waals surface area (Å²) in [5.74, 6) is 0. The molecule has 1 aromatic heterocycles. The number of hydrogen-bond donors (Lipinski definition) is 1. The molecule has 0 radical (unpaired) electrons. The Morgan fingerprint density at radius 3 is 3.00 bits per heavy atom. The van der Waals surface area contributed by atoms with Gasteiger partial charge in [-0.3, -0.25) is 4.79 Å². The van der Waals surface area contributed by atoms with Crippen LogP contribution in [0.5, 0.6) is 0 Å². The second-order valence-electron chi connectivity index (χ2n) is 4.27. The van der Waals surface area contributed by atoms with Gasteiger partial charge in [0.25, 0.3) is 5.56 Å². The van der Waals surface area contributed by atoms with Gasteiger partial charge in [0, 0.05) is 18.7 Å². The van der Waals surface area contributed by atoms with E-state index in [1.54, 1.807) is 12.3 Å². The van der Waals surface area contributed by atoms with E-state index in [1.165, 1.54) is 23.9 Å². The zero-order chi connectivity index (χ0) is 12.1. The van der Waals surface area contributed by atoms with Crippen molar-refractivity contribution in [2.75, 3.05) is 18.5 Å². The Hall–Kier alpha value is -1.36. The zero-order valence-electron chi connectivity index (χ0n) is 10.2. The molecule has 0 spiro atoms. The van der Waals surface area contributed by atoms with Crippen molar-refractivity contribution in [3.8, 4) is 0 Å². The zero-order valence-corrected chi connectivity index (χ0v) is 10.2. The predicted octanol–water partition coefficient (Wildman–Crippen LogP) is 1.24. The molecule has 94 valence electrons. The first-order valence-electron chi connectivity index (χ1n) is 6.21. The van der Waals surface area contributed by atoms with Crippen LogP contribution in [0.4, 0.5) is 5.69 Å². The third kappa shape index (κ3) is 3.30. The molecule has 0 unspecified atom stereocenters. The van der Waals surface area contributed by atoms with Crippen LogP contribution in [0.15, 0.2) is 17.1 Å². The van der Waals surface area contributed by atoms with Crippen molar-refractivity contribution in [3.05, 3.63) is 22.6 Å². The van der Waals surface area contributed by atoms with Crippen molar-refractivity contribution < 1.29 is 4.74 Å². The molecule has 0 saturated heterocycles. The molecule has 1 aliphatic carbocycles. The van der Waals surface area contributed by atoms with E-state index in [0.717, 1.165) is 5.69 Å². The maximum atomic E-state index is 11.7. The highest BCUT2D eigenvalue weighted by Crippen LogP contribution is 2.21. The standard InChI is InChI=1S/C12H19N3O2/c1-2-17-7-6-15-12(16)8-11(9-13-15)14-10-4-3-5-10/h8-10,14H,2-7H2,1H3. The molecule has 0 amide bonds. The fourth-order valence-electron chi connectivity index (χ4n) is 1.76. The van der Waals surface area contributed by atoms with Gasteiger partial charge in [-0.2, -0.15) is 5.10 Å². The number of rotatable bonds is 6. The first kappa shape index (κ1) is 12.1.